The van der Waals surface area contributed by atoms with Crippen molar-refractivity contribution in [2.75, 3.05) is 24.7 Å². The normalized spacial score (nSPS) is 18.8. The quantitative estimate of drug-likeness (QED) is 0.652. The van der Waals surface area contributed by atoms with E-state index in [-0.39, 0.29) is 18.2 Å². The van der Waals surface area contributed by atoms with Crippen LogP contribution in [0.4, 0.5) is 5.69 Å². The molecule has 2 aliphatic rings. The van der Waals surface area contributed by atoms with Crippen molar-refractivity contribution in [1.29, 1.82) is 0 Å². The molecular formula is C21H20N4O4S. The first-order valence-corrected chi connectivity index (χ1v) is 10.5. The standard InChI is InChI=1S/C21H20N4O4S/c1-24-15-4-2-3-5-18(15)30-21(24)23-22-20(27)13-10-19(26)25(12-13)14-6-7-16-17(11-14)29-9-8-28-16/h2-7,11,13H,8-10,12H2,1H3,(H,22,27)/b23-21+. The number of hydrogen-bond acceptors (Lipinski definition) is 6. The highest BCUT2D eigenvalue weighted by Gasteiger charge is 2.35. The van der Waals surface area contributed by atoms with Crippen molar-refractivity contribution < 1.29 is 19.1 Å². The predicted octanol–water partition coefficient (Wildman–Crippen LogP) is 2.00. The van der Waals surface area contributed by atoms with E-state index in [0.29, 0.717) is 41.7 Å². The Morgan fingerprint density at radius 1 is 1.17 bits per heavy atom. The lowest BCUT2D eigenvalue weighted by molar-refractivity contribution is -0.126. The fourth-order valence-corrected chi connectivity index (χ4v) is 4.69. The molecule has 5 rings (SSSR count). The molecule has 0 saturated carbocycles. The molecule has 1 atom stereocenters. The second-order valence-corrected chi connectivity index (χ2v) is 8.24. The number of carbonyl (C=O) groups is 2. The summed E-state index contributed by atoms with van der Waals surface area (Å²) in [6.45, 7) is 1.29. The molecule has 154 valence electrons. The van der Waals surface area contributed by atoms with Crippen LogP contribution in [0.15, 0.2) is 47.6 Å². The summed E-state index contributed by atoms with van der Waals surface area (Å²) in [6.07, 6.45) is 0.147. The van der Waals surface area contributed by atoms with Crippen LogP contribution in [0.25, 0.3) is 10.2 Å². The maximum absolute atomic E-state index is 12.7. The van der Waals surface area contributed by atoms with Gasteiger partial charge < -0.3 is 18.9 Å². The average molecular weight is 424 g/mol. The molecule has 0 bridgehead atoms. The largest absolute Gasteiger partial charge is 0.486 e. The molecule has 8 nitrogen and oxygen atoms in total. The van der Waals surface area contributed by atoms with E-state index < -0.39 is 5.92 Å². The summed E-state index contributed by atoms with van der Waals surface area (Å²) in [5.74, 6) is 0.460. The number of aryl methyl sites for hydroxylation is 1. The number of thiazole rings is 1. The zero-order valence-corrected chi connectivity index (χ0v) is 17.1. The Hall–Kier alpha value is -3.33. The molecule has 1 unspecified atom stereocenters. The van der Waals surface area contributed by atoms with Crippen LogP contribution in [-0.4, -0.2) is 36.1 Å². The van der Waals surface area contributed by atoms with Gasteiger partial charge in [-0.1, -0.05) is 23.5 Å². The smallest absolute Gasteiger partial charge is 0.245 e. The number of nitrogens with one attached hydrogen (secondary N) is 1. The summed E-state index contributed by atoms with van der Waals surface area (Å²) >= 11 is 1.50. The third-order valence-electron chi connectivity index (χ3n) is 5.31. The number of para-hydroxylation sites is 1. The Morgan fingerprint density at radius 2 is 1.97 bits per heavy atom. The number of hydrogen-bond donors (Lipinski definition) is 1. The highest BCUT2D eigenvalue weighted by molar-refractivity contribution is 7.16. The molecule has 2 amide bonds. The Labute approximate surface area is 176 Å². The van der Waals surface area contributed by atoms with Crippen molar-refractivity contribution >= 4 is 39.1 Å². The van der Waals surface area contributed by atoms with Gasteiger partial charge in [-0.15, -0.1) is 5.10 Å². The Balaban J connectivity index is 1.31. The number of fused-ring (bicyclic) bond motifs is 2. The van der Waals surface area contributed by atoms with Crippen molar-refractivity contribution in [3.8, 4) is 11.5 Å². The molecule has 3 heterocycles. The van der Waals surface area contributed by atoms with E-state index >= 15 is 0 Å². The summed E-state index contributed by atoms with van der Waals surface area (Å²) in [5, 5.41) is 4.28. The fourth-order valence-electron chi connectivity index (χ4n) is 3.72. The maximum atomic E-state index is 12.7. The number of nitrogens with zero attached hydrogens (tertiary/aromatic N) is 3. The average Bonchev–Trinajstić information content (AvgIpc) is 3.32. The minimum absolute atomic E-state index is 0.0979. The molecule has 2 aliphatic heterocycles. The SMILES string of the molecule is Cn1/c(=N\NC(=O)C2CC(=O)N(c3ccc4c(c3)OCCO4)C2)sc2ccccc21. The fraction of sp³-hybridized carbons (Fsp3) is 0.286. The van der Waals surface area contributed by atoms with Crippen LogP contribution < -0.4 is 24.6 Å². The van der Waals surface area contributed by atoms with Gasteiger partial charge in [0.05, 0.1) is 16.1 Å². The van der Waals surface area contributed by atoms with E-state index in [1.165, 1.54) is 11.3 Å². The number of rotatable bonds is 3. The Morgan fingerprint density at radius 3 is 2.80 bits per heavy atom. The van der Waals surface area contributed by atoms with Crippen molar-refractivity contribution in [3.05, 3.63) is 47.3 Å². The Kier molecular flexibility index (Phi) is 4.66. The maximum Gasteiger partial charge on any atom is 0.245 e. The van der Waals surface area contributed by atoms with Gasteiger partial charge in [-0.3, -0.25) is 9.59 Å². The molecule has 30 heavy (non-hydrogen) atoms. The highest BCUT2D eigenvalue weighted by Crippen LogP contribution is 2.36. The molecular weight excluding hydrogens is 404 g/mol. The van der Waals surface area contributed by atoms with Crippen molar-refractivity contribution in [3.63, 3.8) is 0 Å². The van der Waals surface area contributed by atoms with Gasteiger partial charge in [0.25, 0.3) is 0 Å². The monoisotopic (exact) mass is 424 g/mol. The molecule has 0 spiro atoms. The molecule has 1 aromatic heterocycles. The van der Waals surface area contributed by atoms with Crippen LogP contribution in [0.1, 0.15) is 6.42 Å². The lowest BCUT2D eigenvalue weighted by Crippen LogP contribution is -2.32. The molecule has 9 heteroatoms. The minimum atomic E-state index is -0.464. The third-order valence-corrected chi connectivity index (χ3v) is 6.42. The number of amides is 2. The number of ether oxygens (including phenoxy) is 2. The second-order valence-electron chi connectivity index (χ2n) is 7.23. The van der Waals surface area contributed by atoms with Gasteiger partial charge in [-0.2, -0.15) is 0 Å². The van der Waals surface area contributed by atoms with Gasteiger partial charge in [0, 0.05) is 31.8 Å². The van der Waals surface area contributed by atoms with Gasteiger partial charge in [0.15, 0.2) is 11.5 Å². The zero-order chi connectivity index (χ0) is 20.7. The van der Waals surface area contributed by atoms with Crippen LogP contribution in [0.2, 0.25) is 0 Å². The van der Waals surface area contributed by atoms with E-state index in [0.717, 1.165) is 10.2 Å². The first-order valence-electron chi connectivity index (χ1n) is 9.68. The minimum Gasteiger partial charge on any atom is -0.486 e. The van der Waals surface area contributed by atoms with E-state index in [1.807, 2.05) is 41.9 Å². The lowest BCUT2D eigenvalue weighted by Gasteiger charge is -2.22. The summed E-state index contributed by atoms with van der Waals surface area (Å²) in [7, 11) is 1.91. The summed E-state index contributed by atoms with van der Waals surface area (Å²) < 4.78 is 14.1. The van der Waals surface area contributed by atoms with E-state index in [4.69, 9.17) is 9.47 Å². The number of aromatic nitrogens is 1. The van der Waals surface area contributed by atoms with Crippen molar-refractivity contribution in [1.82, 2.24) is 9.99 Å². The van der Waals surface area contributed by atoms with Crippen LogP contribution in [0, 0.1) is 5.92 Å². The van der Waals surface area contributed by atoms with E-state index in [9.17, 15) is 9.59 Å². The van der Waals surface area contributed by atoms with Crippen LogP contribution in [0.3, 0.4) is 0 Å². The number of carbonyl (C=O) groups excluding carboxylic acids is 2. The van der Waals surface area contributed by atoms with Gasteiger partial charge >= 0.3 is 0 Å². The van der Waals surface area contributed by atoms with E-state index in [1.54, 1.807) is 17.0 Å². The van der Waals surface area contributed by atoms with Gasteiger partial charge in [0.2, 0.25) is 16.6 Å². The number of anilines is 1. The summed E-state index contributed by atoms with van der Waals surface area (Å²) in [5.41, 5.74) is 4.39. The second kappa shape index (κ2) is 7.49. The number of benzene rings is 2. The molecule has 1 fully saturated rings. The molecule has 0 radical (unpaired) electrons. The van der Waals surface area contributed by atoms with Crippen LogP contribution in [0.5, 0.6) is 11.5 Å². The zero-order valence-electron chi connectivity index (χ0n) is 16.3. The van der Waals surface area contributed by atoms with Crippen molar-refractivity contribution in [2.24, 2.45) is 18.1 Å². The molecule has 0 aliphatic carbocycles. The molecule has 1 N–H and O–H groups in total. The highest BCUT2D eigenvalue weighted by atomic mass is 32.1. The Bertz CT molecular complexity index is 1220. The lowest BCUT2D eigenvalue weighted by atomic mass is 10.1. The molecule has 2 aromatic carbocycles. The third kappa shape index (κ3) is 3.30. The topological polar surface area (TPSA) is 85.2 Å². The van der Waals surface area contributed by atoms with Crippen LogP contribution in [-0.2, 0) is 16.6 Å². The summed E-state index contributed by atoms with van der Waals surface area (Å²) in [6, 6.07) is 13.4. The predicted molar refractivity (Wildman–Crippen MR) is 112 cm³/mol. The van der Waals surface area contributed by atoms with Crippen LogP contribution >= 0.6 is 11.3 Å². The molecule has 3 aromatic rings. The summed E-state index contributed by atoms with van der Waals surface area (Å²) in [4.78, 5) is 27.5. The first-order chi connectivity index (χ1) is 14.6. The van der Waals surface area contributed by atoms with E-state index in [2.05, 4.69) is 10.5 Å². The first kappa shape index (κ1) is 18.7. The molecule has 1 saturated heterocycles. The van der Waals surface area contributed by atoms with Gasteiger partial charge in [-0.05, 0) is 24.3 Å². The van der Waals surface area contributed by atoms with Gasteiger partial charge in [-0.25, -0.2) is 5.43 Å². The van der Waals surface area contributed by atoms with Crippen molar-refractivity contribution in [2.45, 2.75) is 6.42 Å². The van der Waals surface area contributed by atoms with Gasteiger partial charge in [0.1, 0.15) is 13.2 Å².